The van der Waals surface area contributed by atoms with E-state index in [1.807, 2.05) is 32.2 Å². The Balaban J connectivity index is 1.51. The minimum atomic E-state index is -0.0197. The van der Waals surface area contributed by atoms with E-state index in [1.54, 1.807) is 4.68 Å². The molecule has 1 N–H and O–H groups in total. The van der Waals surface area contributed by atoms with Crippen LogP contribution in [0.25, 0.3) is 11.0 Å². The van der Waals surface area contributed by atoms with Crippen LogP contribution in [-0.4, -0.2) is 39.7 Å². The highest BCUT2D eigenvalue weighted by atomic mass is 16.5. The molecule has 2 atom stereocenters. The van der Waals surface area contributed by atoms with Crippen LogP contribution in [0.15, 0.2) is 18.2 Å². The van der Waals surface area contributed by atoms with Gasteiger partial charge in [0.15, 0.2) is 0 Å². The third kappa shape index (κ3) is 2.32. The third-order valence-electron chi connectivity index (χ3n) is 5.87. The molecule has 128 valence electrons. The number of carbonyl (C=O) groups excluding carboxylic acids is 1. The fourth-order valence-electron chi connectivity index (χ4n) is 4.51. The maximum atomic E-state index is 12.7. The Morgan fingerprint density at radius 1 is 1.42 bits per heavy atom. The van der Waals surface area contributed by atoms with Crippen LogP contribution in [0.5, 0.6) is 0 Å². The average Bonchev–Trinajstić information content (AvgIpc) is 3.23. The lowest BCUT2D eigenvalue weighted by atomic mass is 9.60. The number of nitrogens with zero attached hydrogens (tertiary/aromatic N) is 3. The first-order chi connectivity index (χ1) is 11.6. The molecule has 0 radical (unpaired) electrons. The first kappa shape index (κ1) is 15.6. The quantitative estimate of drug-likeness (QED) is 0.936. The highest BCUT2D eigenvalue weighted by Crippen LogP contribution is 2.54. The second-order valence-corrected chi connectivity index (χ2v) is 7.06. The topological polar surface area (TPSA) is 69.0 Å². The second-order valence-electron chi connectivity index (χ2n) is 7.06. The maximum Gasteiger partial charge on any atom is 0.251 e. The van der Waals surface area contributed by atoms with Gasteiger partial charge < -0.3 is 10.1 Å². The molecule has 1 aromatic heterocycles. The van der Waals surface area contributed by atoms with Crippen LogP contribution in [0.1, 0.15) is 49.4 Å². The number of benzene rings is 1. The lowest BCUT2D eigenvalue weighted by Gasteiger charge is -2.54. The first-order valence-electron chi connectivity index (χ1n) is 8.86. The lowest BCUT2D eigenvalue weighted by Crippen LogP contribution is -2.63. The van der Waals surface area contributed by atoms with E-state index < -0.39 is 0 Å². The number of aryl methyl sites for hydroxylation is 1. The van der Waals surface area contributed by atoms with Gasteiger partial charge in [0.1, 0.15) is 5.52 Å². The minimum absolute atomic E-state index is 0.0197. The van der Waals surface area contributed by atoms with Crippen molar-refractivity contribution in [3.05, 3.63) is 23.8 Å². The summed E-state index contributed by atoms with van der Waals surface area (Å²) in [7, 11) is 1.85. The molecule has 2 aliphatic rings. The van der Waals surface area contributed by atoms with Crippen molar-refractivity contribution in [2.75, 3.05) is 6.61 Å². The van der Waals surface area contributed by atoms with Gasteiger partial charge in [0.05, 0.1) is 11.6 Å². The maximum absolute atomic E-state index is 12.7. The van der Waals surface area contributed by atoms with Gasteiger partial charge in [0.2, 0.25) is 0 Å². The standard InChI is InChI=1S/C18H24N4O2/c1-3-24-16-11-15(18(16)8-4-5-9-18)19-17(23)12-6-7-14-13(10-12)20-21-22(14)2/h6-7,10,15-16H,3-5,8-9,11H2,1-2H3,(H,19,23)/t15-,16-/m1/s1. The molecule has 2 aromatic rings. The molecule has 0 aliphatic heterocycles. The molecule has 2 fully saturated rings. The molecule has 1 spiro atoms. The van der Waals surface area contributed by atoms with Gasteiger partial charge in [-0.1, -0.05) is 18.1 Å². The van der Waals surface area contributed by atoms with Crippen LogP contribution in [0.4, 0.5) is 0 Å². The van der Waals surface area contributed by atoms with E-state index in [0.717, 1.165) is 36.9 Å². The van der Waals surface area contributed by atoms with Crippen molar-refractivity contribution in [3.8, 4) is 0 Å². The summed E-state index contributed by atoms with van der Waals surface area (Å²) in [4.78, 5) is 12.7. The van der Waals surface area contributed by atoms with Gasteiger partial charge in [0, 0.05) is 30.7 Å². The molecule has 1 amide bonds. The van der Waals surface area contributed by atoms with E-state index in [0.29, 0.717) is 11.7 Å². The molecule has 2 aliphatic carbocycles. The Morgan fingerprint density at radius 3 is 2.96 bits per heavy atom. The number of carbonyl (C=O) groups is 1. The SMILES string of the molecule is CCO[C@@H]1C[C@@H](NC(=O)c2ccc3c(c2)nnn3C)C12CCCC2. The number of nitrogens with one attached hydrogen (secondary N) is 1. The summed E-state index contributed by atoms with van der Waals surface area (Å²) in [5.41, 5.74) is 2.49. The van der Waals surface area contributed by atoms with Crippen molar-refractivity contribution in [1.82, 2.24) is 20.3 Å². The van der Waals surface area contributed by atoms with Crippen LogP contribution in [0.2, 0.25) is 0 Å². The van der Waals surface area contributed by atoms with Gasteiger partial charge in [-0.3, -0.25) is 4.79 Å². The Hall–Kier alpha value is -1.95. The van der Waals surface area contributed by atoms with Crippen LogP contribution >= 0.6 is 0 Å². The summed E-state index contributed by atoms with van der Waals surface area (Å²) >= 11 is 0. The minimum Gasteiger partial charge on any atom is -0.378 e. The van der Waals surface area contributed by atoms with Crippen molar-refractivity contribution >= 4 is 16.9 Å². The van der Waals surface area contributed by atoms with E-state index >= 15 is 0 Å². The normalized spacial score (nSPS) is 25.1. The monoisotopic (exact) mass is 328 g/mol. The lowest BCUT2D eigenvalue weighted by molar-refractivity contribution is -0.127. The number of hydrogen-bond acceptors (Lipinski definition) is 4. The summed E-state index contributed by atoms with van der Waals surface area (Å²) in [5, 5.41) is 11.3. The van der Waals surface area contributed by atoms with Crippen LogP contribution in [0, 0.1) is 5.41 Å². The van der Waals surface area contributed by atoms with E-state index in [2.05, 4.69) is 15.6 Å². The summed E-state index contributed by atoms with van der Waals surface area (Å²) in [6, 6.07) is 5.79. The van der Waals surface area contributed by atoms with Gasteiger partial charge in [-0.15, -0.1) is 5.10 Å². The molecular formula is C18H24N4O2. The van der Waals surface area contributed by atoms with Crippen LogP contribution < -0.4 is 5.32 Å². The highest BCUT2D eigenvalue weighted by molar-refractivity contribution is 5.97. The summed E-state index contributed by atoms with van der Waals surface area (Å²) in [6.07, 6.45) is 6.02. The van der Waals surface area contributed by atoms with Crippen LogP contribution in [-0.2, 0) is 11.8 Å². The molecule has 6 heteroatoms. The van der Waals surface area contributed by atoms with Gasteiger partial charge in [-0.2, -0.15) is 0 Å². The molecular weight excluding hydrogens is 304 g/mol. The van der Waals surface area contributed by atoms with Gasteiger partial charge in [0.25, 0.3) is 5.91 Å². The molecule has 1 aromatic carbocycles. The number of ether oxygens (including phenoxy) is 1. The second kappa shape index (κ2) is 5.84. The Bertz CT molecular complexity index is 763. The van der Waals surface area contributed by atoms with Crippen LogP contribution in [0.3, 0.4) is 0 Å². The van der Waals surface area contributed by atoms with E-state index in [1.165, 1.54) is 12.8 Å². The molecule has 0 saturated heterocycles. The van der Waals surface area contributed by atoms with E-state index in [9.17, 15) is 4.79 Å². The molecule has 4 rings (SSSR count). The zero-order valence-electron chi connectivity index (χ0n) is 14.3. The van der Waals surface area contributed by atoms with Gasteiger partial charge in [-0.05, 0) is 44.4 Å². The predicted molar refractivity (Wildman–Crippen MR) is 90.7 cm³/mol. The number of fused-ring (bicyclic) bond motifs is 1. The molecule has 6 nitrogen and oxygen atoms in total. The first-order valence-corrected chi connectivity index (χ1v) is 8.86. The predicted octanol–water partition coefficient (Wildman–Crippen LogP) is 2.44. The zero-order valence-corrected chi connectivity index (χ0v) is 14.3. The molecule has 0 bridgehead atoms. The van der Waals surface area contributed by atoms with E-state index in [-0.39, 0.29) is 17.4 Å². The van der Waals surface area contributed by atoms with Crippen molar-refractivity contribution in [1.29, 1.82) is 0 Å². The average molecular weight is 328 g/mol. The van der Waals surface area contributed by atoms with Crippen molar-refractivity contribution in [2.45, 2.75) is 51.2 Å². The molecule has 24 heavy (non-hydrogen) atoms. The Morgan fingerprint density at radius 2 is 2.21 bits per heavy atom. The fraction of sp³-hybridized carbons (Fsp3) is 0.611. The highest BCUT2D eigenvalue weighted by Gasteiger charge is 2.57. The van der Waals surface area contributed by atoms with E-state index in [4.69, 9.17) is 4.74 Å². The molecule has 0 unspecified atom stereocenters. The summed E-state index contributed by atoms with van der Waals surface area (Å²) < 4.78 is 7.63. The largest absolute Gasteiger partial charge is 0.378 e. The fourth-order valence-corrected chi connectivity index (χ4v) is 4.51. The number of hydrogen-bond donors (Lipinski definition) is 1. The number of amides is 1. The zero-order chi connectivity index (χ0) is 16.7. The third-order valence-corrected chi connectivity index (χ3v) is 5.87. The smallest absolute Gasteiger partial charge is 0.251 e. The summed E-state index contributed by atoms with van der Waals surface area (Å²) in [5.74, 6) is -0.0197. The Kier molecular flexibility index (Phi) is 3.79. The molecule has 1 heterocycles. The molecule has 2 saturated carbocycles. The van der Waals surface area contributed by atoms with Crippen molar-refractivity contribution < 1.29 is 9.53 Å². The van der Waals surface area contributed by atoms with Gasteiger partial charge in [-0.25, -0.2) is 4.68 Å². The van der Waals surface area contributed by atoms with Crippen molar-refractivity contribution in [2.24, 2.45) is 12.5 Å². The number of rotatable bonds is 4. The van der Waals surface area contributed by atoms with Crippen molar-refractivity contribution in [3.63, 3.8) is 0 Å². The summed E-state index contributed by atoms with van der Waals surface area (Å²) in [6.45, 7) is 2.79. The number of aromatic nitrogens is 3. The van der Waals surface area contributed by atoms with Gasteiger partial charge >= 0.3 is 0 Å². The Labute approximate surface area is 141 Å².